The minimum absolute atomic E-state index is 0.173. The number of carbonyl (C=O) groups excluding carboxylic acids is 1. The van der Waals surface area contributed by atoms with E-state index in [1.165, 1.54) is 14.0 Å². The van der Waals surface area contributed by atoms with Crippen LogP contribution in [0.1, 0.15) is 12.5 Å². The Bertz CT molecular complexity index is 976. The maximum absolute atomic E-state index is 12.7. The molecule has 8 nitrogen and oxygen atoms in total. The Morgan fingerprint density at radius 1 is 1.21 bits per heavy atom. The van der Waals surface area contributed by atoms with Gasteiger partial charge in [0.25, 0.3) is 0 Å². The van der Waals surface area contributed by atoms with Gasteiger partial charge in [0, 0.05) is 12.6 Å². The van der Waals surface area contributed by atoms with E-state index in [0.717, 1.165) is 16.1 Å². The third kappa shape index (κ3) is 4.30. The van der Waals surface area contributed by atoms with Crippen LogP contribution in [0.4, 0.5) is 5.69 Å². The first kappa shape index (κ1) is 19.8. The Morgan fingerprint density at radius 3 is 2.68 bits per heavy atom. The van der Waals surface area contributed by atoms with Crippen molar-refractivity contribution in [2.45, 2.75) is 19.5 Å². The van der Waals surface area contributed by atoms with Crippen LogP contribution >= 0.6 is 0 Å². The second-order valence-corrected chi connectivity index (χ2v) is 8.20. The Hall–Kier alpha value is -2.94. The predicted molar refractivity (Wildman–Crippen MR) is 104 cm³/mol. The number of anilines is 1. The van der Waals surface area contributed by atoms with Crippen LogP contribution in [0, 0.1) is 0 Å². The number of nitrogens with one attached hydrogen (secondary N) is 1. The molecule has 0 radical (unpaired) electrons. The molecule has 150 valence electrons. The largest absolute Gasteiger partial charge is 0.497 e. The van der Waals surface area contributed by atoms with Crippen LogP contribution in [0.5, 0.6) is 17.2 Å². The van der Waals surface area contributed by atoms with Gasteiger partial charge in [-0.15, -0.1) is 0 Å². The highest BCUT2D eigenvalue weighted by Gasteiger charge is 2.29. The average Bonchev–Trinajstić information content (AvgIpc) is 3.13. The first-order valence-electron chi connectivity index (χ1n) is 8.59. The van der Waals surface area contributed by atoms with Gasteiger partial charge in [0.1, 0.15) is 11.8 Å². The van der Waals surface area contributed by atoms with E-state index < -0.39 is 22.0 Å². The number of sulfonamides is 1. The number of carbonyl (C=O) groups is 1. The van der Waals surface area contributed by atoms with Crippen molar-refractivity contribution >= 4 is 21.6 Å². The maximum atomic E-state index is 12.7. The molecule has 3 rings (SSSR count). The summed E-state index contributed by atoms with van der Waals surface area (Å²) < 4.78 is 41.5. The van der Waals surface area contributed by atoms with Gasteiger partial charge in [-0.2, -0.15) is 0 Å². The molecule has 0 unspecified atom stereocenters. The highest BCUT2D eigenvalue weighted by molar-refractivity contribution is 7.92. The van der Waals surface area contributed by atoms with E-state index in [1.807, 2.05) is 6.07 Å². The number of nitrogens with zero attached hydrogens (tertiary/aromatic N) is 1. The molecule has 0 bridgehead atoms. The number of hydrogen-bond acceptors (Lipinski definition) is 6. The van der Waals surface area contributed by atoms with Crippen molar-refractivity contribution in [3.63, 3.8) is 0 Å². The molecule has 1 aliphatic heterocycles. The summed E-state index contributed by atoms with van der Waals surface area (Å²) >= 11 is 0. The molecule has 1 amide bonds. The zero-order chi connectivity index (χ0) is 20.3. The molecule has 0 spiro atoms. The summed E-state index contributed by atoms with van der Waals surface area (Å²) in [6.07, 6.45) is 1.06. The van der Waals surface area contributed by atoms with E-state index >= 15 is 0 Å². The van der Waals surface area contributed by atoms with E-state index in [9.17, 15) is 13.2 Å². The Morgan fingerprint density at radius 2 is 1.96 bits per heavy atom. The van der Waals surface area contributed by atoms with Gasteiger partial charge in [0.2, 0.25) is 22.7 Å². The summed E-state index contributed by atoms with van der Waals surface area (Å²) in [6, 6.07) is 11.0. The van der Waals surface area contributed by atoms with Crippen molar-refractivity contribution in [2.24, 2.45) is 0 Å². The summed E-state index contributed by atoms with van der Waals surface area (Å²) in [5, 5.41) is 2.77. The van der Waals surface area contributed by atoms with Crippen molar-refractivity contribution < 1.29 is 27.4 Å². The van der Waals surface area contributed by atoms with E-state index in [1.54, 1.807) is 36.4 Å². The molecule has 2 aromatic carbocycles. The highest BCUT2D eigenvalue weighted by atomic mass is 32.2. The minimum atomic E-state index is -3.70. The summed E-state index contributed by atoms with van der Waals surface area (Å²) in [6.45, 7) is 1.94. The smallest absolute Gasteiger partial charge is 0.243 e. The monoisotopic (exact) mass is 406 g/mol. The molecule has 1 aliphatic rings. The molecule has 0 fully saturated rings. The Kier molecular flexibility index (Phi) is 5.64. The normalized spacial score (nSPS) is 13.7. The van der Waals surface area contributed by atoms with Crippen LogP contribution in [0.3, 0.4) is 0 Å². The maximum Gasteiger partial charge on any atom is 0.243 e. The lowest BCUT2D eigenvalue weighted by Gasteiger charge is -2.28. The van der Waals surface area contributed by atoms with E-state index in [2.05, 4.69) is 5.32 Å². The molecule has 28 heavy (non-hydrogen) atoms. The molecular formula is C19H22N2O6S. The fourth-order valence-electron chi connectivity index (χ4n) is 2.94. The van der Waals surface area contributed by atoms with Gasteiger partial charge in [-0.25, -0.2) is 8.42 Å². The first-order valence-corrected chi connectivity index (χ1v) is 10.4. The zero-order valence-electron chi connectivity index (χ0n) is 15.8. The van der Waals surface area contributed by atoms with Gasteiger partial charge in [0.15, 0.2) is 11.5 Å². The molecule has 0 aromatic heterocycles. The topological polar surface area (TPSA) is 94.2 Å². The lowest BCUT2D eigenvalue weighted by molar-refractivity contribution is -0.122. The molecule has 0 aliphatic carbocycles. The molecule has 2 aromatic rings. The molecule has 1 N–H and O–H groups in total. The standard InChI is InChI=1S/C19H22N2O6S/c1-13(21(28(3,23)24)15-5-4-6-16(10-15)25-2)19(22)20-11-14-7-8-17-18(9-14)27-12-26-17/h4-10,13H,11-12H2,1-3H3,(H,20,22)/t13-/m1/s1. The molecule has 0 saturated heterocycles. The fourth-order valence-corrected chi connectivity index (χ4v) is 4.11. The van der Waals surface area contributed by atoms with Gasteiger partial charge in [-0.1, -0.05) is 12.1 Å². The van der Waals surface area contributed by atoms with Crippen LogP contribution < -0.4 is 23.8 Å². The van der Waals surface area contributed by atoms with Gasteiger partial charge < -0.3 is 19.5 Å². The summed E-state index contributed by atoms with van der Waals surface area (Å²) in [5.41, 5.74) is 1.17. The molecule has 1 atom stereocenters. The van der Waals surface area contributed by atoms with Gasteiger partial charge in [-0.3, -0.25) is 9.10 Å². The summed E-state index contributed by atoms with van der Waals surface area (Å²) in [7, 11) is -2.21. The second-order valence-electron chi connectivity index (χ2n) is 6.34. The molecule has 1 heterocycles. The molecule has 0 saturated carbocycles. The van der Waals surface area contributed by atoms with E-state index in [4.69, 9.17) is 14.2 Å². The Labute approximate surface area is 164 Å². The lowest BCUT2D eigenvalue weighted by Crippen LogP contribution is -2.47. The van der Waals surface area contributed by atoms with Gasteiger partial charge in [-0.05, 0) is 36.8 Å². The minimum Gasteiger partial charge on any atom is -0.497 e. The molecule has 9 heteroatoms. The van der Waals surface area contributed by atoms with Crippen LogP contribution in [-0.2, 0) is 21.4 Å². The van der Waals surface area contributed by atoms with Crippen LogP contribution in [0.25, 0.3) is 0 Å². The highest BCUT2D eigenvalue weighted by Crippen LogP contribution is 2.32. The number of fused-ring (bicyclic) bond motifs is 1. The van der Waals surface area contributed by atoms with Crippen LogP contribution in [-0.4, -0.2) is 40.5 Å². The second kappa shape index (κ2) is 7.97. The van der Waals surface area contributed by atoms with Crippen molar-refractivity contribution in [3.8, 4) is 17.2 Å². The van der Waals surface area contributed by atoms with Crippen molar-refractivity contribution in [2.75, 3.05) is 24.5 Å². The van der Waals surface area contributed by atoms with Crippen molar-refractivity contribution in [1.29, 1.82) is 0 Å². The van der Waals surface area contributed by atoms with Crippen LogP contribution in [0.15, 0.2) is 42.5 Å². The van der Waals surface area contributed by atoms with E-state index in [0.29, 0.717) is 22.9 Å². The number of ether oxygens (including phenoxy) is 3. The SMILES string of the molecule is COc1cccc(N([C@H](C)C(=O)NCc2ccc3c(c2)OCO3)S(C)(=O)=O)c1. The number of hydrogen-bond donors (Lipinski definition) is 1. The third-order valence-electron chi connectivity index (χ3n) is 4.30. The van der Waals surface area contributed by atoms with E-state index in [-0.39, 0.29) is 13.3 Å². The third-order valence-corrected chi connectivity index (χ3v) is 5.54. The van der Waals surface area contributed by atoms with Gasteiger partial charge in [0.05, 0.1) is 19.1 Å². The quantitative estimate of drug-likeness (QED) is 0.755. The zero-order valence-corrected chi connectivity index (χ0v) is 16.7. The summed E-state index contributed by atoms with van der Waals surface area (Å²) in [4.78, 5) is 12.7. The fraction of sp³-hybridized carbons (Fsp3) is 0.316. The van der Waals surface area contributed by atoms with Crippen molar-refractivity contribution in [3.05, 3.63) is 48.0 Å². The lowest BCUT2D eigenvalue weighted by atomic mass is 10.2. The Balaban J connectivity index is 1.75. The number of benzene rings is 2. The number of methoxy groups -OCH3 is 1. The average molecular weight is 406 g/mol. The number of amides is 1. The van der Waals surface area contributed by atoms with Gasteiger partial charge >= 0.3 is 0 Å². The predicted octanol–water partition coefficient (Wildman–Crippen LogP) is 1.89. The summed E-state index contributed by atoms with van der Waals surface area (Å²) in [5.74, 6) is 1.35. The molecular weight excluding hydrogens is 384 g/mol. The first-order chi connectivity index (χ1) is 13.3. The van der Waals surface area contributed by atoms with Crippen LogP contribution in [0.2, 0.25) is 0 Å². The number of rotatable bonds is 7. The van der Waals surface area contributed by atoms with Crippen molar-refractivity contribution in [1.82, 2.24) is 5.32 Å².